The van der Waals surface area contributed by atoms with Crippen molar-refractivity contribution in [3.05, 3.63) is 100 Å². The number of halogens is 1. The molecule has 4 aromatic rings. The van der Waals surface area contributed by atoms with Crippen LogP contribution in [0.5, 0.6) is 11.5 Å². The third-order valence-corrected chi connectivity index (χ3v) is 5.25. The average Bonchev–Trinajstić information content (AvgIpc) is 3.19. The molecule has 1 N–H and O–H groups in total. The first-order chi connectivity index (χ1) is 16.0. The molecule has 0 amide bonds. The van der Waals surface area contributed by atoms with E-state index in [4.69, 9.17) is 25.5 Å². The number of carboxylic acids is 1. The van der Waals surface area contributed by atoms with Crippen LogP contribution >= 0.6 is 11.6 Å². The Labute approximate surface area is 196 Å². The van der Waals surface area contributed by atoms with Gasteiger partial charge in [0.15, 0.2) is 0 Å². The van der Waals surface area contributed by atoms with Crippen LogP contribution in [0.4, 0.5) is 0 Å². The normalized spacial score (nSPS) is 10.7. The molecule has 0 atom stereocenters. The minimum Gasteiger partial charge on any atom is -0.493 e. The number of benzene rings is 3. The molecule has 0 radical (unpaired) electrons. The van der Waals surface area contributed by atoms with Crippen LogP contribution in [0.25, 0.3) is 11.5 Å². The van der Waals surface area contributed by atoms with Gasteiger partial charge in [-0.2, -0.15) is 0 Å². The first kappa shape index (κ1) is 22.4. The summed E-state index contributed by atoms with van der Waals surface area (Å²) in [5.74, 6) is 1.28. The van der Waals surface area contributed by atoms with Crippen molar-refractivity contribution in [3.63, 3.8) is 0 Å². The molecule has 1 heterocycles. The molecule has 33 heavy (non-hydrogen) atoms. The molecule has 168 valence electrons. The fourth-order valence-corrected chi connectivity index (χ4v) is 3.43. The summed E-state index contributed by atoms with van der Waals surface area (Å²) in [5.41, 5.74) is 2.75. The lowest BCUT2D eigenvalue weighted by atomic mass is 10.2. The van der Waals surface area contributed by atoms with Gasteiger partial charge in [-0.15, -0.1) is 0 Å². The van der Waals surface area contributed by atoms with E-state index in [0.717, 1.165) is 28.3 Å². The molecule has 4 rings (SSSR count). The van der Waals surface area contributed by atoms with Gasteiger partial charge in [0.1, 0.15) is 29.4 Å². The second-order valence-electron chi connectivity index (χ2n) is 7.36. The van der Waals surface area contributed by atoms with Crippen LogP contribution in [0, 0.1) is 6.92 Å². The number of hydrogen-bond donors (Lipinski definition) is 1. The first-order valence-electron chi connectivity index (χ1n) is 10.4. The van der Waals surface area contributed by atoms with Crippen LogP contribution in [0.1, 0.15) is 27.4 Å². The highest BCUT2D eigenvalue weighted by molar-refractivity contribution is 6.30. The Bertz CT molecular complexity index is 1240. The van der Waals surface area contributed by atoms with Gasteiger partial charge in [0.05, 0.1) is 12.3 Å². The molecule has 0 aliphatic heterocycles. The van der Waals surface area contributed by atoms with Gasteiger partial charge >= 0.3 is 5.97 Å². The number of nitrogens with zero attached hydrogens (tertiary/aromatic N) is 1. The molecule has 0 saturated heterocycles. The quantitative estimate of drug-likeness (QED) is 0.318. The van der Waals surface area contributed by atoms with Crippen molar-refractivity contribution in [1.29, 1.82) is 0 Å². The number of hydrogen-bond acceptors (Lipinski definition) is 5. The summed E-state index contributed by atoms with van der Waals surface area (Å²) in [6.07, 6.45) is 0.625. The van der Waals surface area contributed by atoms with Gasteiger partial charge < -0.3 is 19.0 Å². The molecule has 0 aliphatic rings. The van der Waals surface area contributed by atoms with Crippen LogP contribution in [0.3, 0.4) is 0 Å². The largest absolute Gasteiger partial charge is 0.493 e. The van der Waals surface area contributed by atoms with Gasteiger partial charge in [0, 0.05) is 17.0 Å². The van der Waals surface area contributed by atoms with Gasteiger partial charge in [0.25, 0.3) is 0 Å². The predicted octanol–water partition coefficient (Wildman–Crippen LogP) is 6.20. The van der Waals surface area contributed by atoms with Gasteiger partial charge in [-0.25, -0.2) is 9.78 Å². The number of aromatic carboxylic acids is 1. The molecule has 0 spiro atoms. The summed E-state index contributed by atoms with van der Waals surface area (Å²) in [7, 11) is 0. The molecule has 1 aromatic heterocycles. The lowest BCUT2D eigenvalue weighted by Crippen LogP contribution is -2.04. The Hall–Kier alpha value is -3.77. The predicted molar refractivity (Wildman–Crippen MR) is 125 cm³/mol. The Morgan fingerprint density at radius 1 is 1.03 bits per heavy atom. The zero-order valence-electron chi connectivity index (χ0n) is 18.0. The summed E-state index contributed by atoms with van der Waals surface area (Å²) in [6, 6.07) is 21.7. The number of aryl methyl sites for hydroxylation is 1. The van der Waals surface area contributed by atoms with E-state index in [-0.39, 0.29) is 17.9 Å². The maximum Gasteiger partial charge on any atom is 0.339 e. The van der Waals surface area contributed by atoms with Crippen molar-refractivity contribution in [2.24, 2.45) is 0 Å². The highest BCUT2D eigenvalue weighted by Gasteiger charge is 2.13. The summed E-state index contributed by atoms with van der Waals surface area (Å²) < 4.78 is 17.3. The van der Waals surface area contributed by atoms with Crippen molar-refractivity contribution in [1.82, 2.24) is 4.98 Å². The number of carbonyl (C=O) groups is 1. The third-order valence-electron chi connectivity index (χ3n) is 5.01. The zero-order chi connectivity index (χ0) is 23.2. The highest BCUT2D eigenvalue weighted by atomic mass is 35.5. The second kappa shape index (κ2) is 10.2. The molecule has 0 fully saturated rings. The molecular weight excluding hydrogens is 442 g/mol. The van der Waals surface area contributed by atoms with E-state index in [1.54, 1.807) is 0 Å². The van der Waals surface area contributed by atoms with Crippen LogP contribution in [-0.2, 0) is 13.0 Å². The molecule has 0 saturated carbocycles. The van der Waals surface area contributed by atoms with Gasteiger partial charge in [-0.1, -0.05) is 41.9 Å². The van der Waals surface area contributed by atoms with E-state index in [9.17, 15) is 9.90 Å². The summed E-state index contributed by atoms with van der Waals surface area (Å²) >= 11 is 5.96. The van der Waals surface area contributed by atoms with E-state index in [0.29, 0.717) is 23.9 Å². The van der Waals surface area contributed by atoms with E-state index >= 15 is 0 Å². The monoisotopic (exact) mass is 463 g/mol. The molecule has 3 aromatic carbocycles. The average molecular weight is 464 g/mol. The molecule has 6 nitrogen and oxygen atoms in total. The van der Waals surface area contributed by atoms with Gasteiger partial charge in [-0.3, -0.25) is 0 Å². The van der Waals surface area contributed by atoms with Gasteiger partial charge in [0.2, 0.25) is 5.89 Å². The van der Waals surface area contributed by atoms with E-state index in [2.05, 4.69) is 4.98 Å². The Morgan fingerprint density at radius 2 is 1.79 bits per heavy atom. The maximum atomic E-state index is 11.3. The zero-order valence-corrected chi connectivity index (χ0v) is 18.7. The van der Waals surface area contributed by atoms with Crippen LogP contribution < -0.4 is 9.47 Å². The summed E-state index contributed by atoms with van der Waals surface area (Å²) in [6.45, 7) is 2.57. The van der Waals surface area contributed by atoms with Crippen LogP contribution in [-0.4, -0.2) is 22.7 Å². The van der Waals surface area contributed by atoms with Crippen molar-refractivity contribution in [2.75, 3.05) is 6.61 Å². The van der Waals surface area contributed by atoms with Crippen molar-refractivity contribution in [2.45, 2.75) is 20.0 Å². The fourth-order valence-electron chi connectivity index (χ4n) is 3.26. The lowest BCUT2D eigenvalue weighted by Gasteiger charge is -2.10. The lowest BCUT2D eigenvalue weighted by molar-refractivity contribution is 0.0691. The number of ether oxygens (including phenoxy) is 2. The third kappa shape index (κ3) is 5.73. The Balaban J connectivity index is 1.31. The molecule has 7 heteroatoms. The number of carboxylic acid groups (broad SMARTS) is 1. The van der Waals surface area contributed by atoms with E-state index in [1.165, 1.54) is 18.2 Å². The number of rotatable bonds is 9. The number of aromatic nitrogens is 1. The molecule has 0 bridgehead atoms. The highest BCUT2D eigenvalue weighted by Crippen LogP contribution is 2.25. The van der Waals surface area contributed by atoms with E-state index < -0.39 is 5.97 Å². The van der Waals surface area contributed by atoms with Crippen LogP contribution in [0.15, 0.2) is 77.2 Å². The van der Waals surface area contributed by atoms with Crippen molar-refractivity contribution in [3.8, 4) is 23.0 Å². The Kier molecular flexibility index (Phi) is 6.95. The molecule has 0 unspecified atom stereocenters. The molecule has 0 aliphatic carbocycles. The van der Waals surface area contributed by atoms with Crippen LogP contribution in [0.2, 0.25) is 5.02 Å². The van der Waals surface area contributed by atoms with Crippen molar-refractivity contribution < 1.29 is 23.8 Å². The summed E-state index contributed by atoms with van der Waals surface area (Å²) in [4.78, 5) is 15.9. The minimum absolute atomic E-state index is 0.0675. The smallest absolute Gasteiger partial charge is 0.339 e. The maximum absolute atomic E-state index is 11.3. The summed E-state index contributed by atoms with van der Waals surface area (Å²) in [5, 5.41) is 9.70. The van der Waals surface area contributed by atoms with Gasteiger partial charge in [-0.05, 0) is 55.0 Å². The fraction of sp³-hybridized carbons (Fsp3) is 0.154. The minimum atomic E-state index is -1.07. The standard InChI is InChI=1S/C26H22ClNO5/c1-17-23(28-25(33-17)19-5-3-2-4-6-19)13-14-31-21-10-7-18(8-11-21)16-32-24-15-20(27)9-12-22(24)26(29)30/h2-12,15H,13-14,16H2,1H3,(H,29,30). The number of oxazole rings is 1. The first-order valence-corrected chi connectivity index (χ1v) is 10.8. The Morgan fingerprint density at radius 3 is 2.52 bits per heavy atom. The van der Waals surface area contributed by atoms with E-state index in [1.807, 2.05) is 61.5 Å². The second-order valence-corrected chi connectivity index (χ2v) is 7.80. The topological polar surface area (TPSA) is 81.8 Å². The SMILES string of the molecule is Cc1oc(-c2ccccc2)nc1CCOc1ccc(COc2cc(Cl)ccc2C(=O)O)cc1. The molecular formula is C26H22ClNO5. The van der Waals surface area contributed by atoms with Crippen molar-refractivity contribution >= 4 is 17.6 Å².